The fourth-order valence-corrected chi connectivity index (χ4v) is 1.72. The quantitative estimate of drug-likeness (QED) is 0.813. The topological polar surface area (TPSA) is 98.2 Å². The average molecular weight is 280 g/mol. The summed E-state index contributed by atoms with van der Waals surface area (Å²) in [6, 6.07) is 8.01. The molecule has 0 aromatic heterocycles. The summed E-state index contributed by atoms with van der Waals surface area (Å²) >= 11 is 0. The fourth-order valence-electron chi connectivity index (χ4n) is 1.72. The second-order valence-corrected chi connectivity index (χ2v) is 4.01. The van der Waals surface area contributed by atoms with E-state index in [0.717, 1.165) is 4.90 Å². The van der Waals surface area contributed by atoms with E-state index in [-0.39, 0.29) is 0 Å². The van der Waals surface area contributed by atoms with Crippen LogP contribution >= 0.6 is 0 Å². The molecule has 2 N–H and O–H groups in total. The van der Waals surface area contributed by atoms with E-state index in [9.17, 15) is 14.4 Å². The molecule has 0 bridgehead atoms. The van der Waals surface area contributed by atoms with Crippen molar-refractivity contribution in [3.05, 3.63) is 30.3 Å². The minimum absolute atomic E-state index is 0.304. The summed E-state index contributed by atoms with van der Waals surface area (Å²) in [5.74, 6) is -2.52. The van der Waals surface area contributed by atoms with Crippen molar-refractivity contribution in [1.82, 2.24) is 4.90 Å². The number of carbonyl (C=O) groups excluding carboxylic acids is 1. The summed E-state index contributed by atoms with van der Waals surface area (Å²) in [7, 11) is 0. The van der Waals surface area contributed by atoms with Crippen molar-refractivity contribution in [3.63, 3.8) is 0 Å². The van der Waals surface area contributed by atoms with Crippen molar-refractivity contribution in [1.29, 1.82) is 0 Å². The smallest absolute Gasteiger partial charge is 0.325 e. The van der Waals surface area contributed by atoms with E-state index in [4.69, 9.17) is 10.2 Å². The molecule has 0 spiro atoms. The number of urea groups is 1. The number of para-hydroxylation sites is 1. The van der Waals surface area contributed by atoms with Gasteiger partial charge in [0, 0.05) is 12.2 Å². The maximum absolute atomic E-state index is 12.3. The van der Waals surface area contributed by atoms with Gasteiger partial charge in [0.05, 0.1) is 0 Å². The molecule has 7 nitrogen and oxygen atoms in total. The van der Waals surface area contributed by atoms with Crippen LogP contribution in [0, 0.1) is 0 Å². The SMILES string of the molecule is CCN(C(=O)N(CC(=O)O)CC(=O)O)c1ccccc1. The lowest BCUT2D eigenvalue weighted by Gasteiger charge is -2.28. The van der Waals surface area contributed by atoms with Crippen molar-refractivity contribution in [2.75, 3.05) is 24.5 Å². The number of aliphatic carboxylic acids is 2. The molecule has 1 aromatic carbocycles. The molecule has 0 radical (unpaired) electrons. The number of carboxylic acids is 2. The monoisotopic (exact) mass is 280 g/mol. The first kappa shape index (κ1) is 15.5. The molecular formula is C13H16N2O5. The number of rotatable bonds is 6. The van der Waals surface area contributed by atoms with E-state index < -0.39 is 31.1 Å². The first-order valence-corrected chi connectivity index (χ1v) is 6.00. The zero-order valence-electron chi connectivity index (χ0n) is 11.0. The predicted octanol–water partition coefficient (Wildman–Crippen LogP) is 1.10. The van der Waals surface area contributed by atoms with E-state index in [0.29, 0.717) is 12.2 Å². The number of carboxylic acid groups (broad SMARTS) is 2. The maximum atomic E-state index is 12.3. The minimum Gasteiger partial charge on any atom is -0.480 e. The molecule has 0 saturated carbocycles. The molecule has 1 rings (SSSR count). The first-order chi connectivity index (χ1) is 9.45. The molecule has 0 saturated heterocycles. The van der Waals surface area contributed by atoms with Gasteiger partial charge >= 0.3 is 18.0 Å². The van der Waals surface area contributed by atoms with Crippen LogP contribution in [0.1, 0.15) is 6.92 Å². The standard InChI is InChI=1S/C13H16N2O5/c1-2-15(10-6-4-3-5-7-10)13(20)14(8-11(16)17)9-12(18)19/h3-7H,2,8-9H2,1H3,(H,16,17)(H,18,19). The number of hydrogen-bond donors (Lipinski definition) is 2. The molecule has 20 heavy (non-hydrogen) atoms. The Bertz CT molecular complexity index is 473. The molecule has 0 atom stereocenters. The molecule has 1 aromatic rings. The van der Waals surface area contributed by atoms with Crippen LogP contribution in [0.15, 0.2) is 30.3 Å². The van der Waals surface area contributed by atoms with Gasteiger partial charge in [0.25, 0.3) is 0 Å². The summed E-state index contributed by atoms with van der Waals surface area (Å²) < 4.78 is 0. The van der Waals surface area contributed by atoms with Crippen molar-refractivity contribution in [3.8, 4) is 0 Å². The largest absolute Gasteiger partial charge is 0.480 e. The van der Waals surface area contributed by atoms with E-state index in [1.807, 2.05) is 0 Å². The first-order valence-electron chi connectivity index (χ1n) is 6.00. The van der Waals surface area contributed by atoms with Gasteiger partial charge in [0.15, 0.2) is 0 Å². The van der Waals surface area contributed by atoms with Gasteiger partial charge in [-0.25, -0.2) is 4.79 Å². The van der Waals surface area contributed by atoms with Crippen LogP contribution in [0.25, 0.3) is 0 Å². The van der Waals surface area contributed by atoms with Crippen LogP contribution in [0.3, 0.4) is 0 Å². The number of hydrogen-bond acceptors (Lipinski definition) is 3. The molecule has 0 heterocycles. The number of amides is 2. The molecular weight excluding hydrogens is 264 g/mol. The van der Waals surface area contributed by atoms with Crippen LogP contribution < -0.4 is 4.90 Å². The van der Waals surface area contributed by atoms with Gasteiger partial charge in [-0.1, -0.05) is 18.2 Å². The zero-order valence-corrected chi connectivity index (χ0v) is 11.0. The van der Waals surface area contributed by atoms with Gasteiger partial charge in [-0.2, -0.15) is 0 Å². The Kier molecular flexibility index (Phi) is 5.52. The number of anilines is 1. The third-order valence-electron chi connectivity index (χ3n) is 2.54. The van der Waals surface area contributed by atoms with Gasteiger partial charge in [-0.3, -0.25) is 14.5 Å². The number of benzene rings is 1. The average Bonchev–Trinajstić information content (AvgIpc) is 2.39. The van der Waals surface area contributed by atoms with Crippen molar-refractivity contribution in [2.24, 2.45) is 0 Å². The summed E-state index contributed by atoms with van der Waals surface area (Å²) in [5.41, 5.74) is 0.584. The molecule has 0 aliphatic carbocycles. The Hall–Kier alpha value is -2.57. The van der Waals surface area contributed by atoms with Crippen molar-refractivity contribution < 1.29 is 24.6 Å². The lowest BCUT2D eigenvalue weighted by Crippen LogP contribution is -2.47. The van der Waals surface area contributed by atoms with Gasteiger partial charge in [-0.05, 0) is 19.1 Å². The summed E-state index contributed by atoms with van der Waals surface area (Å²) in [5, 5.41) is 17.5. The normalized spacial score (nSPS) is 9.85. The Balaban J connectivity index is 2.96. The fraction of sp³-hybridized carbons (Fsp3) is 0.308. The van der Waals surface area contributed by atoms with Gasteiger partial charge in [-0.15, -0.1) is 0 Å². The summed E-state index contributed by atoms with van der Waals surface area (Å²) in [4.78, 5) is 35.9. The minimum atomic E-state index is -1.26. The molecule has 0 unspecified atom stereocenters. The second kappa shape index (κ2) is 7.13. The van der Waals surface area contributed by atoms with E-state index >= 15 is 0 Å². The lowest BCUT2D eigenvalue weighted by molar-refractivity contribution is -0.140. The van der Waals surface area contributed by atoms with Crippen LogP contribution in [0.2, 0.25) is 0 Å². The predicted molar refractivity (Wildman–Crippen MR) is 71.7 cm³/mol. The van der Waals surface area contributed by atoms with E-state index in [2.05, 4.69) is 0 Å². The lowest BCUT2D eigenvalue weighted by atomic mass is 10.3. The highest BCUT2D eigenvalue weighted by atomic mass is 16.4. The van der Waals surface area contributed by atoms with Crippen molar-refractivity contribution in [2.45, 2.75) is 6.92 Å². The van der Waals surface area contributed by atoms with E-state index in [1.54, 1.807) is 37.3 Å². The van der Waals surface area contributed by atoms with Crippen LogP contribution in [-0.4, -0.2) is 52.7 Å². The third-order valence-corrected chi connectivity index (χ3v) is 2.54. The Morgan fingerprint density at radius 3 is 1.90 bits per heavy atom. The van der Waals surface area contributed by atoms with Gasteiger partial charge < -0.3 is 15.1 Å². The Labute approximate surface area is 116 Å². The van der Waals surface area contributed by atoms with Crippen LogP contribution in [-0.2, 0) is 9.59 Å². The van der Waals surface area contributed by atoms with Crippen molar-refractivity contribution >= 4 is 23.7 Å². The highest BCUT2D eigenvalue weighted by Gasteiger charge is 2.24. The highest BCUT2D eigenvalue weighted by molar-refractivity contribution is 5.95. The third kappa shape index (κ3) is 4.27. The molecule has 0 aliphatic rings. The summed E-state index contributed by atoms with van der Waals surface area (Å²) in [6.07, 6.45) is 0. The van der Waals surface area contributed by atoms with Crippen LogP contribution in [0.4, 0.5) is 10.5 Å². The zero-order chi connectivity index (χ0) is 15.1. The van der Waals surface area contributed by atoms with Gasteiger partial charge in [0.2, 0.25) is 0 Å². The van der Waals surface area contributed by atoms with Crippen LogP contribution in [0.5, 0.6) is 0 Å². The summed E-state index contributed by atoms with van der Waals surface area (Å²) in [6.45, 7) is 0.714. The molecule has 2 amide bonds. The Morgan fingerprint density at radius 1 is 1.00 bits per heavy atom. The molecule has 0 aliphatic heterocycles. The number of carbonyl (C=O) groups is 3. The highest BCUT2D eigenvalue weighted by Crippen LogP contribution is 2.15. The Morgan fingerprint density at radius 2 is 1.50 bits per heavy atom. The second-order valence-electron chi connectivity index (χ2n) is 4.01. The molecule has 0 fully saturated rings. The number of nitrogens with zero attached hydrogens (tertiary/aromatic N) is 2. The van der Waals surface area contributed by atoms with Gasteiger partial charge in [0.1, 0.15) is 13.1 Å². The molecule has 108 valence electrons. The molecule has 7 heteroatoms. The van der Waals surface area contributed by atoms with E-state index in [1.165, 1.54) is 4.90 Å². The maximum Gasteiger partial charge on any atom is 0.325 e.